The summed E-state index contributed by atoms with van der Waals surface area (Å²) in [6.45, 7) is -0.102. The molecule has 2 heterocycles. The summed E-state index contributed by atoms with van der Waals surface area (Å²) in [5.41, 5.74) is 1.74. The van der Waals surface area contributed by atoms with Gasteiger partial charge in [0, 0.05) is 29.8 Å². The number of hydrogen-bond donors (Lipinski definition) is 3. The van der Waals surface area contributed by atoms with Gasteiger partial charge in [0.2, 0.25) is 16.4 Å². The Morgan fingerprint density at radius 3 is 2.74 bits per heavy atom. The molecule has 8 heteroatoms. The number of H-pyrrole nitrogens is 1. The van der Waals surface area contributed by atoms with E-state index in [2.05, 4.69) is 14.7 Å². The molecule has 0 aliphatic rings. The van der Waals surface area contributed by atoms with Crippen molar-refractivity contribution in [3.8, 4) is 11.1 Å². The second-order valence-electron chi connectivity index (χ2n) is 4.84. The molecular weight excluding hydrogens is 321 g/mol. The Balaban J connectivity index is 2.05. The van der Waals surface area contributed by atoms with Gasteiger partial charge in [-0.3, -0.25) is 4.79 Å². The second kappa shape index (κ2) is 6.27. The van der Waals surface area contributed by atoms with Gasteiger partial charge in [0.15, 0.2) is 0 Å². The second-order valence-corrected chi connectivity index (χ2v) is 5.67. The highest BCUT2D eigenvalue weighted by Crippen LogP contribution is 2.27. The van der Waals surface area contributed by atoms with E-state index < -0.39 is 16.7 Å². The molecule has 0 aliphatic heterocycles. The molecule has 0 radical (unpaired) electrons. The van der Waals surface area contributed by atoms with E-state index in [1.807, 2.05) is 0 Å². The number of fused-ring (bicyclic) bond motifs is 1. The van der Waals surface area contributed by atoms with Gasteiger partial charge in [0.1, 0.15) is 11.5 Å². The van der Waals surface area contributed by atoms with Crippen molar-refractivity contribution in [3.05, 3.63) is 64.3 Å². The van der Waals surface area contributed by atoms with Gasteiger partial charge in [-0.15, -0.1) is 0 Å². The highest BCUT2D eigenvalue weighted by molar-refractivity contribution is 7.70. The average Bonchev–Trinajstić information content (AvgIpc) is 2.52. The van der Waals surface area contributed by atoms with Crippen molar-refractivity contribution in [1.29, 1.82) is 0 Å². The monoisotopic (exact) mass is 333 g/mol. The van der Waals surface area contributed by atoms with Gasteiger partial charge in [-0.05, 0) is 29.3 Å². The molecule has 23 heavy (non-hydrogen) atoms. The smallest absolute Gasteiger partial charge is 0.249 e. The van der Waals surface area contributed by atoms with Crippen LogP contribution >= 0.6 is 0 Å². The summed E-state index contributed by atoms with van der Waals surface area (Å²) < 4.78 is 37.3. The molecule has 0 amide bonds. The number of nitrogens with one attached hydrogen (secondary N) is 2. The summed E-state index contributed by atoms with van der Waals surface area (Å²) in [7, 11) is -2.77. The number of aromatic nitrogens is 2. The summed E-state index contributed by atoms with van der Waals surface area (Å²) in [5, 5.41) is 0.694. The van der Waals surface area contributed by atoms with Crippen LogP contribution < -0.4 is 10.3 Å². The lowest BCUT2D eigenvalue weighted by molar-refractivity contribution is 0.590. The molecule has 0 unspecified atom stereocenters. The fraction of sp³-hybridized carbons (Fsp3) is 0.0667. The molecule has 0 spiro atoms. The summed E-state index contributed by atoms with van der Waals surface area (Å²) in [6.07, 6.45) is 1.53. The first-order valence-corrected chi connectivity index (χ1v) is 7.87. The third-order valence-electron chi connectivity index (χ3n) is 3.40. The van der Waals surface area contributed by atoms with Crippen LogP contribution in [-0.2, 0) is 17.4 Å². The van der Waals surface area contributed by atoms with Gasteiger partial charge in [-0.25, -0.2) is 22.5 Å². The molecule has 6 nitrogen and oxygen atoms in total. The summed E-state index contributed by atoms with van der Waals surface area (Å²) in [5.74, 6) is -0.513. The van der Waals surface area contributed by atoms with Crippen LogP contribution in [0.2, 0.25) is 0 Å². The molecule has 0 bridgehead atoms. The highest BCUT2D eigenvalue weighted by Gasteiger charge is 2.09. The van der Waals surface area contributed by atoms with Crippen LogP contribution in [0.1, 0.15) is 5.56 Å². The van der Waals surface area contributed by atoms with Crippen molar-refractivity contribution >= 4 is 21.9 Å². The summed E-state index contributed by atoms with van der Waals surface area (Å²) >= 11 is 0. The number of halogens is 1. The third-order valence-corrected chi connectivity index (χ3v) is 3.81. The Labute approximate surface area is 132 Å². The third kappa shape index (κ3) is 3.27. The number of hydrogen-bond acceptors (Lipinski definition) is 4. The SMILES string of the molecule is O=c1ccc2c(-c3ccc(CN[SH](=O)=O)c(F)c3)ccnc2[nH]1. The van der Waals surface area contributed by atoms with Gasteiger partial charge in [0.25, 0.3) is 0 Å². The van der Waals surface area contributed by atoms with E-state index >= 15 is 0 Å². The van der Waals surface area contributed by atoms with Gasteiger partial charge in [0.05, 0.1) is 0 Å². The molecular formula is C15H12FN3O3S. The minimum Gasteiger partial charge on any atom is -0.307 e. The van der Waals surface area contributed by atoms with Gasteiger partial charge >= 0.3 is 0 Å². The summed E-state index contributed by atoms with van der Waals surface area (Å²) in [4.78, 5) is 18.1. The van der Waals surface area contributed by atoms with Crippen molar-refractivity contribution < 1.29 is 12.8 Å². The van der Waals surface area contributed by atoms with Crippen LogP contribution in [0, 0.1) is 5.82 Å². The fourth-order valence-electron chi connectivity index (χ4n) is 2.32. The Kier molecular flexibility index (Phi) is 4.18. The molecule has 3 rings (SSSR count). The first kappa shape index (κ1) is 15.3. The number of nitrogens with zero attached hydrogens (tertiary/aromatic N) is 1. The number of pyridine rings is 2. The zero-order chi connectivity index (χ0) is 16.4. The molecule has 3 aromatic rings. The van der Waals surface area contributed by atoms with E-state index in [1.165, 1.54) is 24.4 Å². The Morgan fingerprint density at radius 1 is 1.17 bits per heavy atom. The molecule has 0 saturated carbocycles. The maximum absolute atomic E-state index is 14.1. The van der Waals surface area contributed by atoms with E-state index in [-0.39, 0.29) is 17.7 Å². The van der Waals surface area contributed by atoms with Crippen LogP contribution in [-0.4, -0.2) is 18.4 Å². The van der Waals surface area contributed by atoms with Crippen LogP contribution in [0.4, 0.5) is 4.39 Å². The first-order chi connectivity index (χ1) is 11.0. The largest absolute Gasteiger partial charge is 0.307 e. The maximum atomic E-state index is 14.1. The van der Waals surface area contributed by atoms with Crippen molar-refractivity contribution in [2.24, 2.45) is 0 Å². The lowest BCUT2D eigenvalue weighted by Gasteiger charge is -2.08. The average molecular weight is 333 g/mol. The van der Waals surface area contributed by atoms with E-state index in [0.717, 1.165) is 5.56 Å². The van der Waals surface area contributed by atoms with Gasteiger partial charge < -0.3 is 4.98 Å². The minimum absolute atomic E-state index is 0.102. The van der Waals surface area contributed by atoms with Crippen LogP contribution in [0.5, 0.6) is 0 Å². The number of benzene rings is 1. The lowest BCUT2D eigenvalue weighted by Crippen LogP contribution is -2.11. The zero-order valence-electron chi connectivity index (χ0n) is 11.7. The van der Waals surface area contributed by atoms with Crippen LogP contribution in [0.25, 0.3) is 22.2 Å². The number of aromatic amines is 1. The lowest BCUT2D eigenvalue weighted by atomic mass is 10.0. The summed E-state index contributed by atoms with van der Waals surface area (Å²) in [6, 6.07) is 9.28. The zero-order valence-corrected chi connectivity index (χ0v) is 12.6. The Hall–Kier alpha value is -2.58. The Bertz CT molecular complexity index is 1010. The number of thiol groups is 1. The molecule has 0 saturated heterocycles. The topological polar surface area (TPSA) is 91.9 Å². The van der Waals surface area contributed by atoms with Crippen LogP contribution in [0.3, 0.4) is 0 Å². The molecule has 2 aromatic heterocycles. The van der Waals surface area contributed by atoms with E-state index in [4.69, 9.17) is 0 Å². The molecule has 0 fully saturated rings. The van der Waals surface area contributed by atoms with Gasteiger partial charge in [-0.2, -0.15) is 0 Å². The van der Waals surface area contributed by atoms with Crippen LogP contribution in [0.15, 0.2) is 47.4 Å². The Morgan fingerprint density at radius 2 is 2.00 bits per heavy atom. The normalized spacial score (nSPS) is 11.2. The standard InChI is InChI=1S/C15H12FN3O3S/c16-13-7-9(1-2-10(13)8-18-23(21)22)11-5-6-17-15-12(11)3-4-14(20)19-15/h1-7,23H,8H2,(H,17,19,20)(H,18,21,22). The molecule has 0 aliphatic carbocycles. The van der Waals surface area contributed by atoms with Crippen molar-refractivity contribution in [2.75, 3.05) is 0 Å². The van der Waals surface area contributed by atoms with Gasteiger partial charge in [-0.1, -0.05) is 12.1 Å². The molecule has 2 N–H and O–H groups in total. The van der Waals surface area contributed by atoms with Crippen molar-refractivity contribution in [1.82, 2.24) is 14.7 Å². The predicted octanol–water partition coefficient (Wildman–Crippen LogP) is 1.35. The maximum Gasteiger partial charge on any atom is 0.249 e. The van der Waals surface area contributed by atoms with E-state index in [0.29, 0.717) is 16.6 Å². The fourth-order valence-corrected chi connectivity index (χ4v) is 2.62. The first-order valence-electron chi connectivity index (χ1n) is 6.69. The predicted molar refractivity (Wildman–Crippen MR) is 84.9 cm³/mol. The van der Waals surface area contributed by atoms with Crippen molar-refractivity contribution in [2.45, 2.75) is 6.54 Å². The molecule has 1 aromatic carbocycles. The molecule has 118 valence electrons. The minimum atomic E-state index is -2.77. The quantitative estimate of drug-likeness (QED) is 0.629. The highest BCUT2D eigenvalue weighted by atomic mass is 32.2. The molecule has 0 atom stereocenters. The van der Waals surface area contributed by atoms with E-state index in [1.54, 1.807) is 18.2 Å². The van der Waals surface area contributed by atoms with E-state index in [9.17, 15) is 17.6 Å². The van der Waals surface area contributed by atoms with Crippen molar-refractivity contribution in [3.63, 3.8) is 0 Å². The number of rotatable bonds is 4.